The molecule has 18 heteroatoms. The highest BCUT2D eigenvalue weighted by atomic mass is 16.7. The number of carboxylic acids is 3. The fourth-order valence-corrected chi connectivity index (χ4v) is 4.27. The van der Waals surface area contributed by atoms with Gasteiger partial charge in [0.2, 0.25) is 6.29 Å². The number of aliphatic carboxylic acids is 3. The molecule has 0 saturated carbocycles. The van der Waals surface area contributed by atoms with Gasteiger partial charge in [0.1, 0.15) is 18.5 Å². The topological polar surface area (TPSA) is 271 Å². The Morgan fingerprint density at radius 1 is 0.978 bits per heavy atom. The van der Waals surface area contributed by atoms with E-state index in [0.29, 0.717) is 5.56 Å². The first-order valence-corrected chi connectivity index (χ1v) is 13.7. The summed E-state index contributed by atoms with van der Waals surface area (Å²) >= 11 is 0. The summed E-state index contributed by atoms with van der Waals surface area (Å²) in [5, 5.41) is 48.5. The molecule has 1 heterocycles. The lowest BCUT2D eigenvalue weighted by Crippen LogP contribution is -2.53. The zero-order valence-electron chi connectivity index (χ0n) is 24.4. The number of carbonyl (C=O) groups is 5. The molecule has 1 aliphatic rings. The monoisotopic (exact) mass is 646 g/mol. The molecule has 2 rings (SSSR count). The van der Waals surface area contributed by atoms with Crippen LogP contribution in [0.4, 0.5) is 0 Å². The van der Waals surface area contributed by atoms with E-state index in [0.717, 1.165) is 4.90 Å². The molecule has 0 bridgehead atoms. The molecule has 252 valence electrons. The van der Waals surface area contributed by atoms with Crippen LogP contribution in [0.25, 0.3) is 0 Å². The van der Waals surface area contributed by atoms with E-state index in [1.807, 2.05) is 0 Å². The second-order valence-corrected chi connectivity index (χ2v) is 9.79. The zero-order valence-corrected chi connectivity index (χ0v) is 24.4. The summed E-state index contributed by atoms with van der Waals surface area (Å²) in [6, 6.07) is 2.62. The number of hydrogen-bond acceptors (Lipinski definition) is 14. The lowest BCUT2D eigenvalue weighted by molar-refractivity contribution is -0.228. The Balaban J connectivity index is 2.42. The number of aliphatic hydroxyl groups is 2. The molecular weight excluding hydrogens is 608 g/mol. The summed E-state index contributed by atoms with van der Waals surface area (Å²) in [7, 11) is 0. The summed E-state index contributed by atoms with van der Waals surface area (Å²) in [5.74, 6) is -1.14. The summed E-state index contributed by atoms with van der Waals surface area (Å²) in [5.41, 5.74) is 0.0498. The second-order valence-electron chi connectivity index (χ2n) is 9.79. The largest absolute Gasteiger partial charge is 0.481 e. The average Bonchev–Trinajstić information content (AvgIpc) is 2.96. The molecule has 1 aromatic rings. The molecule has 0 aliphatic carbocycles. The molecule has 7 N–H and O–H groups in total. The van der Waals surface area contributed by atoms with Crippen molar-refractivity contribution in [1.82, 2.24) is 4.90 Å². The van der Waals surface area contributed by atoms with Crippen LogP contribution in [0.3, 0.4) is 0 Å². The van der Waals surface area contributed by atoms with E-state index in [2.05, 4.69) is 4.84 Å². The molecule has 0 aromatic heterocycles. The van der Waals surface area contributed by atoms with Crippen molar-refractivity contribution in [3.63, 3.8) is 0 Å². The number of ether oxygens (including phenoxy) is 5. The molecule has 0 spiro atoms. The predicted octanol–water partition coefficient (Wildman–Crippen LogP) is -1.27. The normalized spacial score (nSPS) is 19.6. The van der Waals surface area contributed by atoms with Crippen LogP contribution in [-0.2, 0) is 49.6 Å². The van der Waals surface area contributed by atoms with Crippen LogP contribution in [0.15, 0.2) is 18.2 Å². The molecule has 45 heavy (non-hydrogen) atoms. The van der Waals surface area contributed by atoms with Crippen molar-refractivity contribution in [2.24, 2.45) is 5.90 Å². The highest BCUT2D eigenvalue weighted by Crippen LogP contribution is 2.29. The van der Waals surface area contributed by atoms with Gasteiger partial charge in [-0.05, 0) is 17.7 Å². The van der Waals surface area contributed by atoms with Gasteiger partial charge in [-0.25, -0.2) is 10.7 Å². The second kappa shape index (κ2) is 18.8. The van der Waals surface area contributed by atoms with Crippen molar-refractivity contribution < 1.29 is 78.0 Å². The average molecular weight is 647 g/mol. The summed E-state index contributed by atoms with van der Waals surface area (Å²) < 4.78 is 26.8. The Hall–Kier alpha value is -3.91. The van der Waals surface area contributed by atoms with E-state index in [9.17, 15) is 49.5 Å². The molecule has 0 unspecified atom stereocenters. The predicted molar refractivity (Wildman–Crippen MR) is 147 cm³/mol. The number of benzene rings is 1. The van der Waals surface area contributed by atoms with Gasteiger partial charge in [-0.3, -0.25) is 19.2 Å². The van der Waals surface area contributed by atoms with Gasteiger partial charge in [0.25, 0.3) is 5.91 Å². The first kappa shape index (κ1) is 37.3. The maximum absolute atomic E-state index is 14.1. The van der Waals surface area contributed by atoms with Crippen molar-refractivity contribution in [2.75, 3.05) is 39.6 Å². The number of hydrogen-bond donors (Lipinski definition) is 6. The Kier molecular flexibility index (Phi) is 15.6. The number of aliphatic hydroxyl groups excluding tert-OH is 2. The molecular formula is C27H38N2O16. The molecule has 1 aromatic carbocycles. The van der Waals surface area contributed by atoms with Crippen LogP contribution in [0, 0.1) is 0 Å². The van der Waals surface area contributed by atoms with Crippen LogP contribution in [0.1, 0.15) is 42.1 Å². The molecule has 1 saturated heterocycles. The fraction of sp³-hybridized carbons (Fsp3) is 0.593. The lowest BCUT2D eigenvalue weighted by Gasteiger charge is -2.35. The van der Waals surface area contributed by atoms with Gasteiger partial charge in [0, 0.05) is 19.9 Å². The van der Waals surface area contributed by atoms with E-state index in [1.54, 1.807) is 0 Å². The molecule has 1 fully saturated rings. The number of amides is 1. The van der Waals surface area contributed by atoms with Crippen molar-refractivity contribution in [1.29, 1.82) is 0 Å². The Bertz CT molecular complexity index is 1150. The van der Waals surface area contributed by atoms with Gasteiger partial charge in [-0.2, -0.15) is 0 Å². The Morgan fingerprint density at radius 3 is 2.18 bits per heavy atom. The van der Waals surface area contributed by atoms with E-state index in [1.165, 1.54) is 25.1 Å². The van der Waals surface area contributed by atoms with Crippen molar-refractivity contribution in [3.8, 4) is 5.75 Å². The molecule has 1 amide bonds. The third-order valence-electron chi connectivity index (χ3n) is 6.37. The molecule has 4 atom stereocenters. The third-order valence-corrected chi connectivity index (χ3v) is 6.37. The summed E-state index contributed by atoms with van der Waals surface area (Å²) in [6.45, 7) is 1.03. The maximum atomic E-state index is 14.1. The molecule has 18 nitrogen and oxygen atoms in total. The van der Waals surface area contributed by atoms with Crippen molar-refractivity contribution in [3.05, 3.63) is 29.3 Å². The van der Waals surface area contributed by atoms with E-state index < -0.39 is 73.3 Å². The summed E-state index contributed by atoms with van der Waals surface area (Å²) in [4.78, 5) is 65.6. The first-order chi connectivity index (χ1) is 21.3. The van der Waals surface area contributed by atoms with Gasteiger partial charge in [0.15, 0.2) is 6.10 Å². The van der Waals surface area contributed by atoms with Crippen LogP contribution < -0.4 is 10.6 Å². The van der Waals surface area contributed by atoms with Crippen LogP contribution in [0.2, 0.25) is 0 Å². The Labute approximate surface area is 257 Å². The highest BCUT2D eigenvalue weighted by molar-refractivity contribution is 5.98. The minimum absolute atomic E-state index is 0.0688. The molecule has 1 aliphatic heterocycles. The quantitative estimate of drug-likeness (QED) is 0.0547. The van der Waals surface area contributed by atoms with Crippen molar-refractivity contribution >= 4 is 29.8 Å². The number of rotatable bonds is 20. The Morgan fingerprint density at radius 2 is 1.60 bits per heavy atom. The number of carbonyl (C=O) groups excluding carboxylic acids is 2. The fourth-order valence-electron chi connectivity index (χ4n) is 4.27. The van der Waals surface area contributed by atoms with Crippen LogP contribution in [0.5, 0.6) is 5.75 Å². The van der Waals surface area contributed by atoms with Gasteiger partial charge in [-0.15, -0.1) is 0 Å². The third kappa shape index (κ3) is 12.5. The highest BCUT2D eigenvalue weighted by Gasteiger charge is 2.42. The van der Waals surface area contributed by atoms with E-state index >= 15 is 0 Å². The lowest BCUT2D eigenvalue weighted by atomic mass is 10.0. The summed E-state index contributed by atoms with van der Waals surface area (Å²) in [6.07, 6.45) is -8.46. The minimum atomic E-state index is -1.85. The minimum Gasteiger partial charge on any atom is -0.481 e. The van der Waals surface area contributed by atoms with E-state index in [4.69, 9.17) is 29.6 Å². The van der Waals surface area contributed by atoms with Gasteiger partial charge < -0.3 is 59.0 Å². The van der Waals surface area contributed by atoms with Gasteiger partial charge >= 0.3 is 23.9 Å². The maximum Gasteiger partial charge on any atom is 0.335 e. The molecule has 0 radical (unpaired) electrons. The number of nitrogens with two attached hydrogens (primary N) is 1. The standard InChI is InChI=1S/C27H38N2O16/c1-15(30)42-14-16-2-3-20(44-23-13-19(31)24(36)25(45-23)27(38)39)18(10-16)26(37)29(17(11-21(32)33)12-22(34)35)4-5-40-6-7-41-8-9-43-28/h2-3,10,17,19,23-25,31,36H,4-9,11-14,28H2,1H3,(H,32,33)(H,34,35)(H,38,39)/t19-,23-,24+,25+/m1/s1. The zero-order chi connectivity index (χ0) is 33.5. The number of nitrogens with zero attached hydrogens (tertiary/aromatic N) is 1. The van der Waals surface area contributed by atoms with E-state index in [-0.39, 0.29) is 63.9 Å². The SMILES string of the molecule is CC(=O)OCc1ccc(O[C@H]2C[C@@H](O)[C@H](O)[C@@H](C(=O)O)O2)c(C(=O)N(CCOCCOCCON)C(CC(=O)O)CC(=O)O)c1. The number of carboxylic acid groups (broad SMARTS) is 3. The van der Waals surface area contributed by atoms with Crippen molar-refractivity contribution in [2.45, 2.75) is 63.4 Å². The number of esters is 1. The van der Waals surface area contributed by atoms with Crippen LogP contribution >= 0.6 is 0 Å². The van der Waals surface area contributed by atoms with Gasteiger partial charge in [0.05, 0.1) is 63.6 Å². The first-order valence-electron chi connectivity index (χ1n) is 13.7. The van der Waals surface area contributed by atoms with Crippen LogP contribution in [-0.4, -0.2) is 130 Å². The smallest absolute Gasteiger partial charge is 0.335 e. The van der Waals surface area contributed by atoms with Gasteiger partial charge in [-0.1, -0.05) is 6.07 Å².